The van der Waals surface area contributed by atoms with Crippen LogP contribution in [0.5, 0.6) is 0 Å². The van der Waals surface area contributed by atoms with Gasteiger partial charge in [-0.25, -0.2) is 0 Å². The molecule has 0 spiro atoms. The van der Waals surface area contributed by atoms with E-state index in [1.165, 1.54) is 154 Å². The van der Waals surface area contributed by atoms with E-state index in [9.17, 15) is 0 Å². The summed E-state index contributed by atoms with van der Waals surface area (Å²) in [7, 11) is -2.71. The molecule has 0 bridgehead atoms. The average molecular weight is 646 g/mol. The summed E-state index contributed by atoms with van der Waals surface area (Å²) in [5, 5.41) is 0. The first kappa shape index (κ1) is 43.4. The summed E-state index contributed by atoms with van der Waals surface area (Å²) in [5.41, 5.74) is 0. The Labute approximate surface area is 278 Å². The Morgan fingerprint density at radius 1 is 0.395 bits per heavy atom. The van der Waals surface area contributed by atoms with E-state index in [2.05, 4.69) is 45.2 Å². The van der Waals surface area contributed by atoms with Gasteiger partial charge in [-0.05, 0) is 50.9 Å². The molecule has 6 heteroatoms. The molecule has 0 aliphatic rings. The van der Waals surface area contributed by atoms with Gasteiger partial charge in [-0.1, -0.05) is 156 Å². The number of hydrogen-bond acceptors (Lipinski definition) is 5. The molecule has 0 aromatic carbocycles. The van der Waals surface area contributed by atoms with Gasteiger partial charge in [0.05, 0.1) is 6.61 Å². The summed E-state index contributed by atoms with van der Waals surface area (Å²) in [4.78, 5) is 2.59. The van der Waals surface area contributed by atoms with Crippen molar-refractivity contribution in [2.45, 2.75) is 194 Å². The molecule has 0 unspecified atom stereocenters. The van der Waals surface area contributed by atoms with Crippen molar-refractivity contribution in [1.29, 1.82) is 0 Å². The summed E-state index contributed by atoms with van der Waals surface area (Å²) in [5.74, 6) is 0.862. The first-order valence-electron chi connectivity index (χ1n) is 19.4. The molecule has 0 heterocycles. The van der Waals surface area contributed by atoms with E-state index >= 15 is 0 Å². The van der Waals surface area contributed by atoms with E-state index in [-0.39, 0.29) is 0 Å². The van der Waals surface area contributed by atoms with Gasteiger partial charge in [0.1, 0.15) is 0 Å². The fourth-order valence-electron chi connectivity index (χ4n) is 5.70. The van der Waals surface area contributed by atoms with Gasteiger partial charge in [0.25, 0.3) is 0 Å². The molecular formula is C37H79NO3SSi. The smallest absolute Gasteiger partial charge is 0.373 e. The second-order valence-electron chi connectivity index (χ2n) is 13.0. The van der Waals surface area contributed by atoms with Crippen molar-refractivity contribution < 1.29 is 13.3 Å². The largest absolute Gasteiger partial charge is 0.501 e. The van der Waals surface area contributed by atoms with Crippen molar-refractivity contribution >= 4 is 21.4 Å². The van der Waals surface area contributed by atoms with E-state index in [1.807, 2.05) is 0 Å². The van der Waals surface area contributed by atoms with Crippen LogP contribution in [0.3, 0.4) is 0 Å². The maximum absolute atomic E-state index is 6.72. The van der Waals surface area contributed by atoms with Crippen LogP contribution in [0.1, 0.15) is 188 Å². The van der Waals surface area contributed by atoms with Gasteiger partial charge < -0.3 is 18.2 Å². The monoisotopic (exact) mass is 646 g/mol. The van der Waals surface area contributed by atoms with Gasteiger partial charge in [0, 0.05) is 25.8 Å². The Balaban J connectivity index is 4.74. The molecule has 0 aliphatic carbocycles. The fourth-order valence-corrected chi connectivity index (χ4v) is 8.76. The third-order valence-corrected chi connectivity index (χ3v) is 11.9. The number of hydrogen-bond donors (Lipinski definition) is 1. The average Bonchev–Trinajstić information content (AvgIpc) is 3.02. The summed E-state index contributed by atoms with van der Waals surface area (Å²) in [6.45, 7) is 14.8. The second-order valence-corrected chi connectivity index (χ2v) is 16.1. The predicted molar refractivity (Wildman–Crippen MR) is 197 cm³/mol. The maximum Gasteiger partial charge on any atom is 0.501 e. The Morgan fingerprint density at radius 2 is 0.744 bits per heavy atom. The highest BCUT2D eigenvalue weighted by atomic mass is 32.1. The number of unbranched alkanes of at least 4 members (excludes halogenated alkanes) is 20. The molecule has 0 N–H and O–H groups in total. The zero-order chi connectivity index (χ0) is 31.5. The Kier molecular flexibility index (Phi) is 35.6. The molecule has 0 aromatic heterocycles. The molecule has 4 nitrogen and oxygen atoms in total. The first-order chi connectivity index (χ1) is 21.2. The molecule has 0 saturated heterocycles. The van der Waals surface area contributed by atoms with Crippen molar-refractivity contribution in [2.24, 2.45) is 0 Å². The van der Waals surface area contributed by atoms with Crippen LogP contribution in [-0.2, 0) is 13.3 Å². The highest BCUT2D eigenvalue weighted by Gasteiger charge is 2.40. The van der Waals surface area contributed by atoms with Gasteiger partial charge in [0.2, 0.25) is 0 Å². The van der Waals surface area contributed by atoms with Crippen LogP contribution in [0, 0.1) is 0 Å². The van der Waals surface area contributed by atoms with Crippen LogP contribution in [0.2, 0.25) is 6.04 Å². The number of rotatable bonds is 37. The van der Waals surface area contributed by atoms with Crippen molar-refractivity contribution in [3.63, 3.8) is 0 Å². The van der Waals surface area contributed by atoms with Crippen LogP contribution >= 0.6 is 12.6 Å². The summed E-state index contributed by atoms with van der Waals surface area (Å²) >= 11 is 4.55. The molecule has 0 aliphatic heterocycles. The quantitative estimate of drug-likeness (QED) is 0.0414. The Morgan fingerprint density at radius 3 is 1.12 bits per heavy atom. The van der Waals surface area contributed by atoms with Crippen LogP contribution < -0.4 is 0 Å². The summed E-state index contributed by atoms with van der Waals surface area (Å²) in [6, 6.07) is 0.899. The number of thiol groups is 1. The zero-order valence-corrected chi connectivity index (χ0v) is 31.8. The minimum atomic E-state index is -2.71. The summed E-state index contributed by atoms with van der Waals surface area (Å²) < 4.78 is 20.1. The zero-order valence-electron chi connectivity index (χ0n) is 30.0. The van der Waals surface area contributed by atoms with Gasteiger partial charge >= 0.3 is 8.80 Å². The predicted octanol–water partition coefficient (Wildman–Crippen LogP) is 12.0. The molecular weight excluding hydrogens is 567 g/mol. The molecule has 0 aromatic rings. The molecule has 0 saturated carbocycles. The molecule has 0 radical (unpaired) electrons. The lowest BCUT2D eigenvalue weighted by molar-refractivity contribution is 0.0486. The van der Waals surface area contributed by atoms with E-state index in [1.54, 1.807) is 0 Å². The van der Waals surface area contributed by atoms with Crippen molar-refractivity contribution in [3.8, 4) is 0 Å². The standard InChI is InChI=1S/C37H79NO3SSi/c1-5-9-13-15-17-19-21-23-25-27-33-39-43(37-29-36-42,41-35-32-38(30-11-7-3)31-12-8-4)40-34-28-26-24-22-20-18-16-14-10-6-2/h42H,5-37H2,1-4H3. The number of nitrogens with zero attached hydrogens (tertiary/aromatic N) is 1. The molecule has 0 atom stereocenters. The Hall–Kier alpha value is 0.407. The highest BCUT2D eigenvalue weighted by molar-refractivity contribution is 7.80. The topological polar surface area (TPSA) is 30.9 Å². The lowest BCUT2D eigenvalue weighted by Gasteiger charge is -2.31. The SMILES string of the molecule is CCCCCCCCCCCCO[Si](CCCS)(OCCCCCCCCCCCC)OCCN(CCCC)CCCC. The first-order valence-corrected chi connectivity index (χ1v) is 22.0. The molecule has 260 valence electrons. The van der Waals surface area contributed by atoms with Crippen LogP contribution in [0.15, 0.2) is 0 Å². The fraction of sp³-hybridized carbons (Fsp3) is 1.00. The third kappa shape index (κ3) is 29.5. The molecule has 0 rings (SSSR count). The van der Waals surface area contributed by atoms with E-state index < -0.39 is 8.80 Å². The minimum absolute atomic E-state index is 0.724. The lowest BCUT2D eigenvalue weighted by atomic mass is 10.1. The van der Waals surface area contributed by atoms with Crippen molar-refractivity contribution in [2.75, 3.05) is 45.2 Å². The molecule has 43 heavy (non-hydrogen) atoms. The maximum atomic E-state index is 6.72. The van der Waals surface area contributed by atoms with Crippen molar-refractivity contribution in [3.05, 3.63) is 0 Å². The molecule has 0 amide bonds. The highest BCUT2D eigenvalue weighted by Crippen LogP contribution is 2.21. The van der Waals surface area contributed by atoms with Crippen LogP contribution in [0.4, 0.5) is 0 Å². The minimum Gasteiger partial charge on any atom is -0.373 e. The van der Waals surface area contributed by atoms with Gasteiger partial charge in [0.15, 0.2) is 0 Å². The van der Waals surface area contributed by atoms with E-state index in [4.69, 9.17) is 13.3 Å². The van der Waals surface area contributed by atoms with Crippen LogP contribution in [-0.4, -0.2) is 58.9 Å². The van der Waals surface area contributed by atoms with Gasteiger partial charge in [-0.2, -0.15) is 12.6 Å². The van der Waals surface area contributed by atoms with Gasteiger partial charge in [-0.15, -0.1) is 0 Å². The van der Waals surface area contributed by atoms with E-state index in [0.717, 1.165) is 57.4 Å². The van der Waals surface area contributed by atoms with Gasteiger partial charge in [-0.3, -0.25) is 0 Å². The lowest BCUT2D eigenvalue weighted by Crippen LogP contribution is -2.48. The summed E-state index contributed by atoms with van der Waals surface area (Å²) in [6.07, 6.45) is 32.9. The molecule has 0 fully saturated rings. The van der Waals surface area contributed by atoms with Crippen molar-refractivity contribution in [1.82, 2.24) is 4.90 Å². The Bertz CT molecular complexity index is 494. The second kappa shape index (κ2) is 35.3. The normalized spacial score (nSPS) is 12.1. The van der Waals surface area contributed by atoms with E-state index in [0.29, 0.717) is 0 Å². The van der Waals surface area contributed by atoms with Crippen LogP contribution in [0.25, 0.3) is 0 Å². The third-order valence-electron chi connectivity index (χ3n) is 8.67.